The molecule has 1 atom stereocenters. The van der Waals surface area contributed by atoms with E-state index in [4.69, 9.17) is 4.74 Å². The molecule has 0 rings (SSSR count). The van der Waals surface area contributed by atoms with Gasteiger partial charge in [0.25, 0.3) is 0 Å². The zero-order valence-corrected chi connectivity index (χ0v) is 13.1. The van der Waals surface area contributed by atoms with Crippen LogP contribution in [0.1, 0.15) is 46.5 Å². The van der Waals surface area contributed by atoms with Crippen molar-refractivity contribution in [1.82, 2.24) is 0 Å². The maximum Gasteiger partial charge on any atom is 0.331 e. The van der Waals surface area contributed by atoms with Gasteiger partial charge in [-0.25, -0.2) is 4.79 Å². The smallest absolute Gasteiger partial charge is 0.331 e. The summed E-state index contributed by atoms with van der Waals surface area (Å²) in [6.07, 6.45) is 12.1. The summed E-state index contributed by atoms with van der Waals surface area (Å²) in [5, 5.41) is 1.39. The molecule has 0 N–H and O–H groups in total. The number of allylic oxidation sites excluding steroid dienone is 3. The molecule has 0 aromatic rings. The third-order valence-corrected chi connectivity index (χ3v) is 2.93. The number of hydrogen-bond donors (Lipinski definition) is 0. The van der Waals surface area contributed by atoms with Crippen LogP contribution in [0.15, 0.2) is 24.3 Å². The molecule has 3 heteroatoms. The average molecular weight is 282 g/mol. The third-order valence-electron chi connectivity index (χ3n) is 2.79. The van der Waals surface area contributed by atoms with Crippen LogP contribution < -0.4 is 0 Å². The Bertz CT molecular complexity index is 306. The van der Waals surface area contributed by atoms with Crippen molar-refractivity contribution in [2.24, 2.45) is 11.8 Å². The molecule has 0 amide bonds. The van der Waals surface area contributed by atoms with E-state index in [1.807, 2.05) is 6.08 Å². The van der Waals surface area contributed by atoms with Crippen LogP contribution in [0.5, 0.6) is 0 Å². The van der Waals surface area contributed by atoms with Crippen LogP contribution in [-0.4, -0.2) is 17.9 Å². The molecule has 0 spiro atoms. The summed E-state index contributed by atoms with van der Waals surface area (Å²) < 4.78 is 4.77. The summed E-state index contributed by atoms with van der Waals surface area (Å²) in [7, 11) is 0. The molecular formula is C16H26O2S. The van der Waals surface area contributed by atoms with Gasteiger partial charge in [-0.05, 0) is 18.3 Å². The van der Waals surface area contributed by atoms with Gasteiger partial charge in [-0.15, -0.1) is 0 Å². The summed E-state index contributed by atoms with van der Waals surface area (Å²) in [6, 6.07) is 0. The van der Waals surface area contributed by atoms with E-state index in [0.717, 1.165) is 12.3 Å². The SMILES string of the molecule is CC(C)CCCC(C)CC=CC=CC(=O)OCC=S. The molecule has 0 aromatic heterocycles. The second-order valence-electron chi connectivity index (χ2n) is 5.25. The largest absolute Gasteiger partial charge is 0.457 e. The topological polar surface area (TPSA) is 26.3 Å². The highest BCUT2D eigenvalue weighted by Gasteiger charge is 2.00. The predicted molar refractivity (Wildman–Crippen MR) is 85.4 cm³/mol. The first-order valence-electron chi connectivity index (χ1n) is 6.99. The molecule has 0 aliphatic heterocycles. The van der Waals surface area contributed by atoms with Crippen LogP contribution in [0.4, 0.5) is 0 Å². The normalized spacial score (nSPS) is 13.3. The Hall–Kier alpha value is -0.960. The number of esters is 1. The van der Waals surface area contributed by atoms with Gasteiger partial charge in [0.1, 0.15) is 6.61 Å². The average Bonchev–Trinajstić information content (AvgIpc) is 2.35. The number of rotatable bonds is 10. The number of carbonyl (C=O) groups is 1. The molecule has 0 aliphatic carbocycles. The van der Waals surface area contributed by atoms with Gasteiger partial charge in [-0.3, -0.25) is 0 Å². The van der Waals surface area contributed by atoms with Crippen molar-refractivity contribution < 1.29 is 9.53 Å². The lowest BCUT2D eigenvalue weighted by molar-refractivity contribution is -0.135. The Morgan fingerprint density at radius 1 is 1.21 bits per heavy atom. The fourth-order valence-electron chi connectivity index (χ4n) is 1.68. The van der Waals surface area contributed by atoms with E-state index in [-0.39, 0.29) is 12.6 Å². The Morgan fingerprint density at radius 3 is 2.58 bits per heavy atom. The molecule has 0 bridgehead atoms. The van der Waals surface area contributed by atoms with Crippen LogP contribution in [-0.2, 0) is 9.53 Å². The molecule has 0 radical (unpaired) electrons. The Labute approximate surface area is 122 Å². The summed E-state index contributed by atoms with van der Waals surface area (Å²) in [4.78, 5) is 11.1. The lowest BCUT2D eigenvalue weighted by Gasteiger charge is -2.09. The van der Waals surface area contributed by atoms with Crippen molar-refractivity contribution in [3.63, 3.8) is 0 Å². The predicted octanol–water partition coefficient (Wildman–Crippen LogP) is 4.49. The standard InChI is InChI=1S/C16H26O2S/c1-14(2)8-7-10-15(3)9-5-4-6-11-16(17)18-12-13-19/h4-6,11,13-15H,7-10,12H2,1-3H3. The first-order valence-corrected chi connectivity index (χ1v) is 7.47. The highest BCUT2D eigenvalue weighted by Crippen LogP contribution is 2.15. The minimum absolute atomic E-state index is 0.190. The minimum Gasteiger partial charge on any atom is -0.457 e. The van der Waals surface area contributed by atoms with Gasteiger partial charge in [0.05, 0.1) is 0 Å². The van der Waals surface area contributed by atoms with Gasteiger partial charge in [0, 0.05) is 11.4 Å². The van der Waals surface area contributed by atoms with Gasteiger partial charge < -0.3 is 4.74 Å². The number of thiocarbonyl (C=S) groups is 1. The van der Waals surface area contributed by atoms with Gasteiger partial charge in [-0.2, -0.15) is 0 Å². The summed E-state index contributed by atoms with van der Waals surface area (Å²) >= 11 is 4.56. The third kappa shape index (κ3) is 13.3. The number of ether oxygens (including phenoxy) is 1. The highest BCUT2D eigenvalue weighted by atomic mass is 32.1. The monoisotopic (exact) mass is 282 g/mol. The van der Waals surface area contributed by atoms with E-state index < -0.39 is 0 Å². The van der Waals surface area contributed by atoms with E-state index in [2.05, 4.69) is 39.1 Å². The van der Waals surface area contributed by atoms with E-state index in [0.29, 0.717) is 5.92 Å². The van der Waals surface area contributed by atoms with Crippen LogP contribution in [0.3, 0.4) is 0 Å². The van der Waals surface area contributed by atoms with E-state index in [1.165, 1.54) is 30.7 Å². The Morgan fingerprint density at radius 2 is 1.95 bits per heavy atom. The molecule has 108 valence electrons. The molecule has 1 unspecified atom stereocenters. The zero-order valence-electron chi connectivity index (χ0n) is 12.3. The van der Waals surface area contributed by atoms with Gasteiger partial charge in [0.15, 0.2) is 0 Å². The van der Waals surface area contributed by atoms with Gasteiger partial charge in [-0.1, -0.05) is 70.5 Å². The fourth-order valence-corrected chi connectivity index (χ4v) is 1.75. The molecule has 2 nitrogen and oxygen atoms in total. The molecule has 0 heterocycles. The maximum atomic E-state index is 11.1. The highest BCUT2D eigenvalue weighted by molar-refractivity contribution is 7.79. The van der Waals surface area contributed by atoms with Crippen molar-refractivity contribution in [1.29, 1.82) is 0 Å². The quantitative estimate of drug-likeness (QED) is 0.255. The maximum absolute atomic E-state index is 11.1. The van der Waals surface area contributed by atoms with Crippen LogP contribution >= 0.6 is 12.2 Å². The van der Waals surface area contributed by atoms with E-state index in [9.17, 15) is 4.79 Å². The van der Waals surface area contributed by atoms with Crippen molar-refractivity contribution in [3.8, 4) is 0 Å². The molecular weight excluding hydrogens is 256 g/mol. The molecule has 0 aromatic carbocycles. The zero-order chi connectivity index (χ0) is 14.5. The number of hydrogen-bond acceptors (Lipinski definition) is 3. The Kier molecular flexibility index (Phi) is 11.5. The summed E-state index contributed by atoms with van der Waals surface area (Å²) in [5.41, 5.74) is 0. The summed E-state index contributed by atoms with van der Waals surface area (Å²) in [5.74, 6) is 1.14. The van der Waals surface area contributed by atoms with Gasteiger partial charge >= 0.3 is 5.97 Å². The van der Waals surface area contributed by atoms with E-state index in [1.54, 1.807) is 6.08 Å². The van der Waals surface area contributed by atoms with Crippen LogP contribution in [0.2, 0.25) is 0 Å². The molecule has 19 heavy (non-hydrogen) atoms. The first kappa shape index (κ1) is 18.0. The molecule has 0 saturated carbocycles. The second-order valence-corrected chi connectivity index (χ2v) is 5.58. The molecule has 0 saturated heterocycles. The van der Waals surface area contributed by atoms with Crippen molar-refractivity contribution >= 4 is 23.6 Å². The minimum atomic E-state index is -0.351. The van der Waals surface area contributed by atoms with Crippen molar-refractivity contribution in [3.05, 3.63) is 24.3 Å². The first-order chi connectivity index (χ1) is 9.06. The number of carbonyl (C=O) groups excluding carboxylic acids is 1. The van der Waals surface area contributed by atoms with Crippen molar-refractivity contribution in [2.45, 2.75) is 46.5 Å². The van der Waals surface area contributed by atoms with E-state index >= 15 is 0 Å². The Balaban J connectivity index is 3.68. The molecule has 0 fully saturated rings. The lowest BCUT2D eigenvalue weighted by atomic mass is 9.97. The second kappa shape index (κ2) is 12.1. The van der Waals surface area contributed by atoms with Gasteiger partial charge in [0.2, 0.25) is 0 Å². The molecule has 0 aliphatic rings. The van der Waals surface area contributed by atoms with Crippen LogP contribution in [0.25, 0.3) is 0 Å². The fraction of sp³-hybridized carbons (Fsp3) is 0.625. The summed E-state index contributed by atoms with van der Waals surface area (Å²) in [6.45, 7) is 6.98. The van der Waals surface area contributed by atoms with Crippen molar-refractivity contribution in [2.75, 3.05) is 6.61 Å². The van der Waals surface area contributed by atoms with Crippen LogP contribution in [0, 0.1) is 11.8 Å². The lowest BCUT2D eigenvalue weighted by Crippen LogP contribution is -2.01.